The van der Waals surface area contributed by atoms with Gasteiger partial charge in [0.1, 0.15) is 5.82 Å². The lowest BCUT2D eigenvalue weighted by atomic mass is 9.84. The predicted octanol–water partition coefficient (Wildman–Crippen LogP) is 1.53. The summed E-state index contributed by atoms with van der Waals surface area (Å²) in [6.45, 7) is 8.10. The highest BCUT2D eigenvalue weighted by Gasteiger charge is 2.34. The highest BCUT2D eigenvalue weighted by Crippen LogP contribution is 2.31. The van der Waals surface area contributed by atoms with Gasteiger partial charge in [0, 0.05) is 51.0 Å². The van der Waals surface area contributed by atoms with Crippen LogP contribution in [0, 0.1) is 5.41 Å². The van der Waals surface area contributed by atoms with Crippen LogP contribution in [0.1, 0.15) is 38.2 Å². The van der Waals surface area contributed by atoms with E-state index < -0.39 is 0 Å². The van der Waals surface area contributed by atoms with Gasteiger partial charge in [-0.05, 0) is 50.3 Å². The van der Waals surface area contributed by atoms with Crippen LogP contribution < -0.4 is 15.5 Å². The Kier molecular flexibility index (Phi) is 7.29. The zero-order valence-corrected chi connectivity index (χ0v) is 16.4. The second-order valence-corrected chi connectivity index (χ2v) is 7.54. The molecule has 7 heteroatoms. The highest BCUT2D eigenvalue weighted by atomic mass is 16.5. The third kappa shape index (κ3) is 5.56. The SMILES string of the molecule is CCNC(=NCc1ccnc(N2CCCC2)c1)NCC1(CCO)CCOC1. The average molecular weight is 376 g/mol. The molecule has 1 aromatic heterocycles. The Morgan fingerprint density at radius 3 is 2.93 bits per heavy atom. The van der Waals surface area contributed by atoms with Crippen LogP contribution in [0.4, 0.5) is 5.82 Å². The van der Waals surface area contributed by atoms with Gasteiger partial charge >= 0.3 is 0 Å². The number of aliphatic hydroxyl groups is 1. The molecule has 0 aliphatic carbocycles. The molecule has 150 valence electrons. The molecule has 7 nitrogen and oxygen atoms in total. The van der Waals surface area contributed by atoms with Crippen LogP contribution >= 0.6 is 0 Å². The van der Waals surface area contributed by atoms with E-state index in [1.807, 2.05) is 12.3 Å². The van der Waals surface area contributed by atoms with Gasteiger partial charge in [-0.15, -0.1) is 0 Å². The van der Waals surface area contributed by atoms with E-state index in [0.29, 0.717) is 13.2 Å². The summed E-state index contributed by atoms with van der Waals surface area (Å²) in [5.74, 6) is 1.87. The fourth-order valence-electron chi connectivity index (χ4n) is 3.77. The number of aliphatic imine (C=N–C) groups is 1. The first-order valence-corrected chi connectivity index (χ1v) is 10.2. The molecule has 1 atom stereocenters. The van der Waals surface area contributed by atoms with E-state index in [1.165, 1.54) is 18.4 Å². The molecule has 0 spiro atoms. The number of aliphatic hydroxyl groups excluding tert-OH is 1. The minimum absolute atomic E-state index is 0.00450. The number of aromatic nitrogens is 1. The van der Waals surface area contributed by atoms with Crippen molar-refractivity contribution in [2.75, 3.05) is 50.9 Å². The van der Waals surface area contributed by atoms with Crippen LogP contribution in [0.15, 0.2) is 23.3 Å². The second-order valence-electron chi connectivity index (χ2n) is 7.54. The summed E-state index contributed by atoms with van der Waals surface area (Å²) < 4.78 is 5.57. The molecule has 0 saturated carbocycles. The number of anilines is 1. The molecule has 3 N–H and O–H groups in total. The van der Waals surface area contributed by atoms with Gasteiger partial charge in [0.2, 0.25) is 0 Å². The fraction of sp³-hybridized carbons (Fsp3) is 0.700. The van der Waals surface area contributed by atoms with E-state index in [9.17, 15) is 5.11 Å². The molecular formula is C20H33N5O2. The van der Waals surface area contributed by atoms with Crippen LogP contribution in [-0.4, -0.2) is 62.0 Å². The van der Waals surface area contributed by atoms with E-state index >= 15 is 0 Å². The van der Waals surface area contributed by atoms with Crippen LogP contribution in [0.25, 0.3) is 0 Å². The van der Waals surface area contributed by atoms with Crippen LogP contribution in [-0.2, 0) is 11.3 Å². The maximum atomic E-state index is 9.39. The van der Waals surface area contributed by atoms with Crippen molar-refractivity contribution in [2.45, 2.75) is 39.2 Å². The van der Waals surface area contributed by atoms with E-state index in [1.54, 1.807) is 0 Å². The monoisotopic (exact) mass is 375 g/mol. The van der Waals surface area contributed by atoms with Crippen molar-refractivity contribution >= 4 is 11.8 Å². The summed E-state index contributed by atoms with van der Waals surface area (Å²) in [5, 5.41) is 16.2. The first kappa shape index (κ1) is 19.9. The third-order valence-electron chi connectivity index (χ3n) is 5.46. The molecule has 0 bridgehead atoms. The summed E-state index contributed by atoms with van der Waals surface area (Å²) in [5.41, 5.74) is 1.17. The van der Waals surface area contributed by atoms with Crippen LogP contribution in [0.3, 0.4) is 0 Å². The second kappa shape index (κ2) is 9.90. The average Bonchev–Trinajstić information content (AvgIpc) is 3.37. The smallest absolute Gasteiger partial charge is 0.191 e. The number of nitrogens with zero attached hydrogens (tertiary/aromatic N) is 3. The molecule has 2 aliphatic rings. The van der Waals surface area contributed by atoms with E-state index in [4.69, 9.17) is 9.73 Å². The lowest BCUT2D eigenvalue weighted by molar-refractivity contribution is 0.127. The Morgan fingerprint density at radius 1 is 1.37 bits per heavy atom. The van der Waals surface area contributed by atoms with Gasteiger partial charge in [-0.1, -0.05) is 0 Å². The lowest BCUT2D eigenvalue weighted by Gasteiger charge is -2.27. The van der Waals surface area contributed by atoms with E-state index in [-0.39, 0.29) is 12.0 Å². The molecule has 3 rings (SSSR count). The summed E-state index contributed by atoms with van der Waals surface area (Å²) in [4.78, 5) is 11.6. The standard InChI is InChI=1S/C20H33N5O2/c1-2-21-19(24-15-20(6-11-26)7-12-27-16-20)23-14-17-5-8-22-18(13-17)25-9-3-4-10-25/h5,8,13,26H,2-4,6-7,9-12,14-16H2,1H3,(H2,21,23,24). The molecule has 1 unspecified atom stereocenters. The Hall–Kier alpha value is -1.86. The van der Waals surface area contributed by atoms with Gasteiger partial charge in [0.15, 0.2) is 5.96 Å². The maximum absolute atomic E-state index is 9.39. The van der Waals surface area contributed by atoms with Gasteiger partial charge in [0.05, 0.1) is 13.2 Å². The molecule has 1 aromatic rings. The van der Waals surface area contributed by atoms with E-state index in [0.717, 1.165) is 57.4 Å². The predicted molar refractivity (Wildman–Crippen MR) is 108 cm³/mol. The zero-order valence-electron chi connectivity index (χ0n) is 16.4. The molecule has 0 amide bonds. The minimum atomic E-state index is 0.00450. The molecular weight excluding hydrogens is 342 g/mol. The Labute approximate surface area is 162 Å². The Balaban J connectivity index is 1.60. The van der Waals surface area contributed by atoms with Gasteiger partial charge in [-0.3, -0.25) is 0 Å². The lowest BCUT2D eigenvalue weighted by Crippen LogP contribution is -2.44. The summed E-state index contributed by atoms with van der Waals surface area (Å²) in [7, 11) is 0. The van der Waals surface area contributed by atoms with Crippen molar-refractivity contribution in [3.63, 3.8) is 0 Å². The highest BCUT2D eigenvalue weighted by molar-refractivity contribution is 5.79. The van der Waals surface area contributed by atoms with Crippen molar-refractivity contribution in [3.05, 3.63) is 23.9 Å². The number of hydrogen-bond acceptors (Lipinski definition) is 5. The minimum Gasteiger partial charge on any atom is -0.396 e. The molecule has 2 saturated heterocycles. The fourth-order valence-corrected chi connectivity index (χ4v) is 3.77. The quantitative estimate of drug-likeness (QED) is 0.472. The molecule has 2 fully saturated rings. The van der Waals surface area contributed by atoms with Crippen molar-refractivity contribution < 1.29 is 9.84 Å². The van der Waals surface area contributed by atoms with Gasteiger partial charge in [0.25, 0.3) is 0 Å². The number of hydrogen-bond donors (Lipinski definition) is 3. The Morgan fingerprint density at radius 2 is 2.22 bits per heavy atom. The topological polar surface area (TPSA) is 82.0 Å². The van der Waals surface area contributed by atoms with Gasteiger partial charge < -0.3 is 25.4 Å². The summed E-state index contributed by atoms with van der Waals surface area (Å²) in [6, 6.07) is 4.18. The zero-order chi connectivity index (χ0) is 19.0. The van der Waals surface area contributed by atoms with Crippen molar-refractivity contribution in [2.24, 2.45) is 10.4 Å². The molecule has 2 aliphatic heterocycles. The number of guanidine groups is 1. The van der Waals surface area contributed by atoms with Crippen molar-refractivity contribution in [1.82, 2.24) is 15.6 Å². The first-order chi connectivity index (χ1) is 13.2. The molecule has 0 aromatic carbocycles. The Bertz CT molecular complexity index is 610. The summed E-state index contributed by atoms with van der Waals surface area (Å²) in [6.07, 6.45) is 6.10. The van der Waals surface area contributed by atoms with Crippen molar-refractivity contribution in [3.8, 4) is 0 Å². The van der Waals surface area contributed by atoms with Crippen molar-refractivity contribution in [1.29, 1.82) is 0 Å². The van der Waals surface area contributed by atoms with Gasteiger partial charge in [-0.25, -0.2) is 9.98 Å². The van der Waals surface area contributed by atoms with E-state index in [2.05, 4.69) is 33.5 Å². The number of nitrogens with one attached hydrogen (secondary N) is 2. The first-order valence-electron chi connectivity index (χ1n) is 10.2. The largest absolute Gasteiger partial charge is 0.396 e. The summed E-state index contributed by atoms with van der Waals surface area (Å²) >= 11 is 0. The van der Waals surface area contributed by atoms with Crippen LogP contribution in [0.5, 0.6) is 0 Å². The molecule has 3 heterocycles. The molecule has 27 heavy (non-hydrogen) atoms. The molecule has 0 radical (unpaired) electrons. The number of rotatable bonds is 8. The normalized spacial score (nSPS) is 23.0. The number of ether oxygens (including phenoxy) is 1. The maximum Gasteiger partial charge on any atom is 0.191 e. The van der Waals surface area contributed by atoms with Gasteiger partial charge in [-0.2, -0.15) is 0 Å². The number of pyridine rings is 1. The van der Waals surface area contributed by atoms with Crippen LogP contribution in [0.2, 0.25) is 0 Å². The third-order valence-corrected chi connectivity index (χ3v) is 5.46.